The highest BCUT2D eigenvalue weighted by Crippen LogP contribution is 2.28. The quantitative estimate of drug-likeness (QED) is 0.755. The Morgan fingerprint density at radius 3 is 2.15 bits per heavy atom. The summed E-state index contributed by atoms with van der Waals surface area (Å²) in [5.41, 5.74) is 1.15. The first-order valence-electron chi connectivity index (χ1n) is 7.62. The van der Waals surface area contributed by atoms with Gasteiger partial charge in [0, 0.05) is 12.2 Å². The van der Waals surface area contributed by atoms with E-state index in [1.54, 1.807) is 30.3 Å². The van der Waals surface area contributed by atoms with Gasteiger partial charge in [0.2, 0.25) is 0 Å². The van der Waals surface area contributed by atoms with Gasteiger partial charge in [-0.3, -0.25) is 9.59 Å². The van der Waals surface area contributed by atoms with Crippen molar-refractivity contribution >= 4 is 29.1 Å². The average Bonchev–Trinajstić information content (AvgIpc) is 2.65. The van der Waals surface area contributed by atoms with Gasteiger partial charge in [-0.25, -0.2) is 0 Å². The van der Waals surface area contributed by atoms with Crippen LogP contribution in [0.25, 0.3) is 0 Å². The van der Waals surface area contributed by atoms with Crippen molar-refractivity contribution < 1.29 is 23.8 Å². The van der Waals surface area contributed by atoms with Crippen molar-refractivity contribution in [1.82, 2.24) is 5.32 Å². The summed E-state index contributed by atoms with van der Waals surface area (Å²) in [7, 11) is 4.55. The number of benzene rings is 2. The molecule has 2 rings (SSSR count). The maximum absolute atomic E-state index is 12.0. The summed E-state index contributed by atoms with van der Waals surface area (Å²) >= 11 is 5.99. The minimum Gasteiger partial charge on any atom is -0.495 e. The summed E-state index contributed by atoms with van der Waals surface area (Å²) in [6.07, 6.45) is 0. The monoisotopic (exact) mass is 378 g/mol. The van der Waals surface area contributed by atoms with Crippen LogP contribution in [0.15, 0.2) is 36.4 Å². The lowest BCUT2D eigenvalue weighted by Gasteiger charge is -2.11. The van der Waals surface area contributed by atoms with Crippen LogP contribution >= 0.6 is 11.6 Å². The standard InChI is InChI=1S/C18H19ClN2O5/c1-24-14-7-5-12(9-13(14)19)21-18(23)17(22)20-10-11-4-6-15(25-2)16(8-11)26-3/h4-9H,10H2,1-3H3,(H,20,22)(H,21,23). The van der Waals surface area contributed by atoms with Crippen molar-refractivity contribution in [3.63, 3.8) is 0 Å². The molecule has 0 spiro atoms. The molecule has 0 aliphatic rings. The van der Waals surface area contributed by atoms with Crippen molar-refractivity contribution in [2.24, 2.45) is 0 Å². The number of carbonyl (C=O) groups excluding carboxylic acids is 2. The molecule has 0 bridgehead atoms. The number of methoxy groups -OCH3 is 3. The lowest BCUT2D eigenvalue weighted by atomic mass is 10.2. The Kier molecular flexibility index (Phi) is 6.68. The van der Waals surface area contributed by atoms with Crippen LogP contribution in [0.2, 0.25) is 5.02 Å². The third-order valence-electron chi connectivity index (χ3n) is 3.52. The molecule has 26 heavy (non-hydrogen) atoms. The van der Waals surface area contributed by atoms with E-state index in [4.69, 9.17) is 25.8 Å². The van der Waals surface area contributed by atoms with Gasteiger partial charge in [0.25, 0.3) is 0 Å². The molecule has 2 aromatic carbocycles. The molecule has 0 aliphatic carbocycles. The highest BCUT2D eigenvalue weighted by atomic mass is 35.5. The predicted molar refractivity (Wildman–Crippen MR) is 98.0 cm³/mol. The summed E-state index contributed by atoms with van der Waals surface area (Å²) in [6.45, 7) is 0.163. The van der Waals surface area contributed by atoms with Gasteiger partial charge in [-0.05, 0) is 35.9 Å². The molecule has 0 heterocycles. The highest BCUT2D eigenvalue weighted by molar-refractivity contribution is 6.39. The van der Waals surface area contributed by atoms with E-state index in [1.165, 1.54) is 27.4 Å². The Hall–Kier alpha value is -2.93. The summed E-state index contributed by atoms with van der Waals surface area (Å²) in [4.78, 5) is 24.0. The maximum atomic E-state index is 12.0. The van der Waals surface area contributed by atoms with Crippen molar-refractivity contribution in [1.29, 1.82) is 0 Å². The molecule has 2 aromatic rings. The molecule has 8 heteroatoms. The number of rotatable bonds is 6. The third-order valence-corrected chi connectivity index (χ3v) is 3.81. The average molecular weight is 379 g/mol. The molecule has 0 aromatic heterocycles. The van der Waals surface area contributed by atoms with Crippen molar-refractivity contribution in [2.75, 3.05) is 26.6 Å². The lowest BCUT2D eigenvalue weighted by molar-refractivity contribution is -0.136. The van der Waals surface area contributed by atoms with Crippen LogP contribution in [0.1, 0.15) is 5.56 Å². The van der Waals surface area contributed by atoms with Gasteiger partial charge < -0.3 is 24.8 Å². The minimum absolute atomic E-state index is 0.163. The van der Waals surface area contributed by atoms with E-state index in [9.17, 15) is 9.59 Å². The Bertz CT molecular complexity index is 810. The molecular weight excluding hydrogens is 360 g/mol. The fraction of sp³-hybridized carbons (Fsp3) is 0.222. The zero-order valence-electron chi connectivity index (χ0n) is 14.6. The van der Waals surface area contributed by atoms with Crippen LogP contribution in [0.3, 0.4) is 0 Å². The number of nitrogens with one attached hydrogen (secondary N) is 2. The number of hydrogen-bond donors (Lipinski definition) is 2. The first-order valence-corrected chi connectivity index (χ1v) is 8.00. The SMILES string of the molecule is COc1ccc(NC(=O)C(=O)NCc2ccc(OC)c(OC)c2)cc1Cl. The van der Waals surface area contributed by atoms with E-state index < -0.39 is 11.8 Å². The second-order valence-corrected chi connectivity index (χ2v) is 5.58. The molecular formula is C18H19ClN2O5. The normalized spacial score (nSPS) is 10.0. The molecule has 0 radical (unpaired) electrons. The summed E-state index contributed by atoms with van der Waals surface area (Å²) < 4.78 is 15.4. The summed E-state index contributed by atoms with van der Waals surface area (Å²) in [5.74, 6) is 0.0225. The van der Waals surface area contributed by atoms with Crippen molar-refractivity contribution in [3.05, 3.63) is 47.0 Å². The van der Waals surface area contributed by atoms with Crippen LogP contribution in [-0.4, -0.2) is 33.1 Å². The second kappa shape index (κ2) is 8.96. The number of hydrogen-bond acceptors (Lipinski definition) is 5. The zero-order chi connectivity index (χ0) is 19.1. The predicted octanol–water partition coefficient (Wildman–Crippen LogP) is 2.62. The van der Waals surface area contributed by atoms with E-state index >= 15 is 0 Å². The fourth-order valence-electron chi connectivity index (χ4n) is 2.19. The molecule has 7 nitrogen and oxygen atoms in total. The molecule has 0 unspecified atom stereocenters. The van der Waals surface area contributed by atoms with Crippen LogP contribution in [0.4, 0.5) is 5.69 Å². The first-order chi connectivity index (χ1) is 12.5. The summed E-state index contributed by atoms with van der Waals surface area (Å²) in [5, 5.41) is 5.34. The van der Waals surface area contributed by atoms with Crippen LogP contribution in [0.5, 0.6) is 17.2 Å². The van der Waals surface area contributed by atoms with Gasteiger partial charge in [0.15, 0.2) is 11.5 Å². The molecule has 0 aliphatic heterocycles. The van der Waals surface area contributed by atoms with E-state index in [-0.39, 0.29) is 6.54 Å². The van der Waals surface area contributed by atoms with E-state index in [2.05, 4.69) is 10.6 Å². The van der Waals surface area contributed by atoms with E-state index in [1.807, 2.05) is 0 Å². The smallest absolute Gasteiger partial charge is 0.313 e. The van der Waals surface area contributed by atoms with Crippen LogP contribution in [-0.2, 0) is 16.1 Å². The Morgan fingerprint density at radius 2 is 1.54 bits per heavy atom. The van der Waals surface area contributed by atoms with Gasteiger partial charge in [-0.2, -0.15) is 0 Å². The Balaban J connectivity index is 1.95. The minimum atomic E-state index is -0.799. The number of ether oxygens (including phenoxy) is 3. The maximum Gasteiger partial charge on any atom is 0.313 e. The number of anilines is 1. The molecule has 0 saturated heterocycles. The number of amides is 2. The Morgan fingerprint density at radius 1 is 0.885 bits per heavy atom. The number of halogens is 1. The van der Waals surface area contributed by atoms with Crippen LogP contribution in [0, 0.1) is 0 Å². The topological polar surface area (TPSA) is 85.9 Å². The fourth-order valence-corrected chi connectivity index (χ4v) is 2.44. The van der Waals surface area contributed by atoms with Gasteiger partial charge in [-0.1, -0.05) is 17.7 Å². The molecule has 0 fully saturated rings. The van der Waals surface area contributed by atoms with Crippen molar-refractivity contribution in [2.45, 2.75) is 6.54 Å². The van der Waals surface area contributed by atoms with Gasteiger partial charge in [0.05, 0.1) is 26.4 Å². The van der Waals surface area contributed by atoms with E-state index in [0.29, 0.717) is 28.0 Å². The van der Waals surface area contributed by atoms with Gasteiger partial charge in [0.1, 0.15) is 5.75 Å². The molecule has 2 amide bonds. The molecule has 0 saturated carbocycles. The molecule has 138 valence electrons. The molecule has 2 N–H and O–H groups in total. The van der Waals surface area contributed by atoms with Crippen molar-refractivity contribution in [3.8, 4) is 17.2 Å². The second-order valence-electron chi connectivity index (χ2n) is 5.18. The largest absolute Gasteiger partial charge is 0.495 e. The lowest BCUT2D eigenvalue weighted by Crippen LogP contribution is -2.34. The Labute approximate surface area is 156 Å². The van der Waals surface area contributed by atoms with Gasteiger partial charge >= 0.3 is 11.8 Å². The summed E-state index contributed by atoms with van der Waals surface area (Å²) in [6, 6.07) is 9.90. The molecule has 0 atom stereocenters. The third kappa shape index (κ3) is 4.80. The first kappa shape index (κ1) is 19.4. The van der Waals surface area contributed by atoms with Gasteiger partial charge in [-0.15, -0.1) is 0 Å². The van der Waals surface area contributed by atoms with E-state index in [0.717, 1.165) is 5.56 Å². The highest BCUT2D eigenvalue weighted by Gasteiger charge is 2.15. The zero-order valence-corrected chi connectivity index (χ0v) is 15.3. The van der Waals surface area contributed by atoms with Crippen LogP contribution < -0.4 is 24.8 Å². The number of carbonyl (C=O) groups is 2.